The summed E-state index contributed by atoms with van der Waals surface area (Å²) in [5, 5.41) is 31.9. The van der Waals surface area contributed by atoms with Gasteiger partial charge in [-0.1, -0.05) is 6.07 Å². The van der Waals surface area contributed by atoms with Gasteiger partial charge in [-0.25, -0.2) is 0 Å². The predicted octanol–water partition coefficient (Wildman–Crippen LogP) is 2.20. The first-order valence-corrected chi connectivity index (χ1v) is 11.9. The molecule has 194 valence electrons. The van der Waals surface area contributed by atoms with Gasteiger partial charge in [-0.05, 0) is 41.6 Å². The number of hydrogen-bond donors (Lipinski definition) is 3. The Kier molecular flexibility index (Phi) is 5.84. The van der Waals surface area contributed by atoms with Crippen LogP contribution in [0.2, 0.25) is 0 Å². The molecule has 3 aliphatic rings. The number of methoxy groups -OCH3 is 2. The second-order valence-corrected chi connectivity index (χ2v) is 9.17. The topological polar surface area (TPSA) is 133 Å². The lowest BCUT2D eigenvalue weighted by molar-refractivity contribution is -0.241. The highest BCUT2D eigenvalue weighted by Gasteiger charge is 2.41. The summed E-state index contributed by atoms with van der Waals surface area (Å²) >= 11 is 0. The van der Waals surface area contributed by atoms with E-state index in [1.807, 2.05) is 12.1 Å². The number of carbonyl (C=O) groups excluding carboxylic acids is 1. The fourth-order valence-corrected chi connectivity index (χ4v) is 5.23. The van der Waals surface area contributed by atoms with Crippen LogP contribution in [0.5, 0.6) is 28.7 Å². The summed E-state index contributed by atoms with van der Waals surface area (Å²) < 4.78 is 33.9. The summed E-state index contributed by atoms with van der Waals surface area (Å²) in [4.78, 5) is 13.3. The lowest BCUT2D eigenvalue weighted by atomic mass is 9.89. The van der Waals surface area contributed by atoms with Crippen LogP contribution < -0.4 is 23.7 Å². The van der Waals surface area contributed by atoms with Crippen LogP contribution in [0.1, 0.15) is 22.3 Å². The van der Waals surface area contributed by atoms with Crippen molar-refractivity contribution in [1.82, 2.24) is 0 Å². The molecule has 0 aromatic heterocycles. The third-order valence-electron chi connectivity index (χ3n) is 7.09. The van der Waals surface area contributed by atoms with Crippen molar-refractivity contribution in [2.75, 3.05) is 27.6 Å². The van der Waals surface area contributed by atoms with E-state index in [4.69, 9.17) is 28.4 Å². The van der Waals surface area contributed by atoms with E-state index in [9.17, 15) is 20.1 Å². The zero-order valence-corrected chi connectivity index (χ0v) is 20.2. The lowest BCUT2D eigenvalue weighted by Gasteiger charge is -2.35. The molecular weight excluding hydrogens is 484 g/mol. The smallest absolute Gasteiger partial charge is 0.231 e. The molecule has 3 aromatic rings. The molecule has 4 atom stereocenters. The molecule has 4 unspecified atom stereocenters. The second-order valence-electron chi connectivity index (χ2n) is 9.17. The molecule has 1 fully saturated rings. The van der Waals surface area contributed by atoms with Crippen molar-refractivity contribution in [1.29, 1.82) is 0 Å². The van der Waals surface area contributed by atoms with E-state index in [1.54, 1.807) is 18.2 Å². The van der Waals surface area contributed by atoms with Crippen LogP contribution in [-0.2, 0) is 11.2 Å². The van der Waals surface area contributed by atoms with E-state index < -0.39 is 24.6 Å². The predicted molar refractivity (Wildman–Crippen MR) is 130 cm³/mol. The van der Waals surface area contributed by atoms with Gasteiger partial charge in [0.2, 0.25) is 13.1 Å². The van der Waals surface area contributed by atoms with E-state index in [-0.39, 0.29) is 25.6 Å². The van der Waals surface area contributed by atoms with Gasteiger partial charge in [0, 0.05) is 28.5 Å². The molecule has 0 spiro atoms. The van der Waals surface area contributed by atoms with E-state index in [1.165, 1.54) is 14.2 Å². The number of Topliss-reactive ketones (excluding diaryl/α,β-unsaturated/α-hetero) is 1. The molecule has 0 saturated carbocycles. The Balaban J connectivity index is 1.61. The summed E-state index contributed by atoms with van der Waals surface area (Å²) in [6, 6.07) is 9.05. The summed E-state index contributed by atoms with van der Waals surface area (Å²) in [5.74, 6) is 2.40. The summed E-state index contributed by atoms with van der Waals surface area (Å²) in [7, 11) is 3.05. The molecule has 0 bridgehead atoms. The minimum absolute atomic E-state index is 0.0511. The number of benzene rings is 3. The molecule has 3 N–H and O–H groups in total. The number of ether oxygens (including phenoxy) is 6. The van der Waals surface area contributed by atoms with Gasteiger partial charge in [0.1, 0.15) is 24.1 Å². The first kappa shape index (κ1) is 23.8. The van der Waals surface area contributed by atoms with Crippen LogP contribution in [0.15, 0.2) is 30.3 Å². The molecule has 1 saturated heterocycles. The third-order valence-corrected chi connectivity index (χ3v) is 7.09. The van der Waals surface area contributed by atoms with Gasteiger partial charge in [0.25, 0.3) is 0 Å². The van der Waals surface area contributed by atoms with Gasteiger partial charge in [0.15, 0.2) is 28.8 Å². The monoisotopic (exact) mass is 510 g/mol. The fraction of sp³-hybridized carbons (Fsp3) is 0.370. The maximum Gasteiger partial charge on any atom is 0.231 e. The number of ketones is 1. The molecule has 3 aromatic carbocycles. The SMILES string of the molecule is COc1cc2c(OC3OCC(O)C(O)C3O)c3c(c(-c4ccc5c(c4)OCO5)c2cc1OC)C(=O)CC3. The molecule has 10 heteroatoms. The summed E-state index contributed by atoms with van der Waals surface area (Å²) in [5.41, 5.74) is 2.61. The largest absolute Gasteiger partial charge is 0.493 e. The van der Waals surface area contributed by atoms with Crippen molar-refractivity contribution in [2.24, 2.45) is 0 Å². The van der Waals surface area contributed by atoms with E-state index in [0.29, 0.717) is 62.6 Å². The minimum atomic E-state index is -1.50. The quantitative estimate of drug-likeness (QED) is 0.469. The van der Waals surface area contributed by atoms with Crippen molar-refractivity contribution < 1.29 is 48.5 Å². The Morgan fingerprint density at radius 2 is 1.59 bits per heavy atom. The van der Waals surface area contributed by atoms with Crippen LogP contribution in [0.3, 0.4) is 0 Å². The molecule has 0 radical (unpaired) electrons. The number of carbonyl (C=O) groups is 1. The molecule has 6 rings (SSSR count). The van der Waals surface area contributed by atoms with Crippen molar-refractivity contribution in [3.63, 3.8) is 0 Å². The summed E-state index contributed by atoms with van der Waals surface area (Å²) in [6.45, 7) is -0.0903. The van der Waals surface area contributed by atoms with Gasteiger partial charge in [-0.15, -0.1) is 0 Å². The first-order valence-electron chi connectivity index (χ1n) is 11.9. The average molecular weight is 510 g/mol. The summed E-state index contributed by atoms with van der Waals surface area (Å²) in [6.07, 6.45) is -4.74. The van der Waals surface area contributed by atoms with E-state index in [0.717, 1.165) is 5.56 Å². The van der Waals surface area contributed by atoms with Gasteiger partial charge < -0.3 is 43.7 Å². The number of aliphatic hydroxyl groups excluding tert-OH is 3. The fourth-order valence-electron chi connectivity index (χ4n) is 5.23. The zero-order chi connectivity index (χ0) is 25.8. The Labute approximate surface area is 211 Å². The highest BCUT2D eigenvalue weighted by Crippen LogP contribution is 2.50. The standard InChI is InChI=1S/C27H26O10/c1-32-19-8-14-15(9-20(19)33-2)26(37-27-25(31)24(30)17(29)10-34-27)13-4-5-16(28)23(13)22(14)12-3-6-18-21(7-12)36-11-35-18/h3,6-9,17,24-25,27,29-31H,4-5,10-11H2,1-2H3. The van der Waals surface area contributed by atoms with Crippen molar-refractivity contribution in [3.8, 4) is 39.9 Å². The van der Waals surface area contributed by atoms with Gasteiger partial charge in [-0.2, -0.15) is 0 Å². The normalized spacial score (nSPS) is 24.3. The van der Waals surface area contributed by atoms with E-state index in [2.05, 4.69) is 0 Å². The molecular formula is C27H26O10. The Morgan fingerprint density at radius 1 is 0.865 bits per heavy atom. The Bertz CT molecular complexity index is 1400. The molecule has 2 heterocycles. The lowest BCUT2D eigenvalue weighted by Crippen LogP contribution is -2.54. The molecule has 1 aliphatic carbocycles. The van der Waals surface area contributed by atoms with Crippen molar-refractivity contribution in [3.05, 3.63) is 41.5 Å². The van der Waals surface area contributed by atoms with Crippen molar-refractivity contribution >= 4 is 16.6 Å². The maximum absolute atomic E-state index is 13.3. The number of rotatable bonds is 5. The first-order chi connectivity index (χ1) is 17.9. The van der Waals surface area contributed by atoms with Gasteiger partial charge in [-0.3, -0.25) is 4.79 Å². The van der Waals surface area contributed by atoms with Crippen LogP contribution in [-0.4, -0.2) is 73.3 Å². The number of aliphatic hydroxyl groups is 3. The second kappa shape index (κ2) is 9.07. The van der Waals surface area contributed by atoms with Crippen molar-refractivity contribution in [2.45, 2.75) is 37.4 Å². The molecule has 2 aliphatic heterocycles. The number of fused-ring (bicyclic) bond motifs is 3. The van der Waals surface area contributed by atoms with Gasteiger partial charge in [0.05, 0.1) is 20.8 Å². The molecule has 10 nitrogen and oxygen atoms in total. The number of hydrogen-bond acceptors (Lipinski definition) is 10. The third kappa shape index (κ3) is 3.75. The molecule has 0 amide bonds. The Hall–Kier alpha value is -3.57. The van der Waals surface area contributed by atoms with Gasteiger partial charge >= 0.3 is 0 Å². The van der Waals surface area contributed by atoms with Crippen LogP contribution in [0.4, 0.5) is 0 Å². The maximum atomic E-state index is 13.3. The zero-order valence-electron chi connectivity index (χ0n) is 20.2. The van der Waals surface area contributed by atoms with Crippen LogP contribution in [0, 0.1) is 0 Å². The van der Waals surface area contributed by atoms with Crippen LogP contribution >= 0.6 is 0 Å². The minimum Gasteiger partial charge on any atom is -0.493 e. The highest BCUT2D eigenvalue weighted by molar-refractivity contribution is 6.16. The van der Waals surface area contributed by atoms with E-state index >= 15 is 0 Å². The highest BCUT2D eigenvalue weighted by atomic mass is 16.7. The van der Waals surface area contributed by atoms with Crippen LogP contribution in [0.25, 0.3) is 21.9 Å². The Morgan fingerprint density at radius 3 is 2.35 bits per heavy atom. The average Bonchev–Trinajstić information content (AvgIpc) is 3.54. The molecule has 37 heavy (non-hydrogen) atoms.